The second-order valence-electron chi connectivity index (χ2n) is 7.74. The van der Waals surface area contributed by atoms with Crippen LogP contribution in [0.25, 0.3) is 0 Å². The molecule has 0 fully saturated rings. The van der Waals surface area contributed by atoms with Crippen molar-refractivity contribution in [1.82, 2.24) is 10.2 Å². The molecule has 2 aromatic heterocycles. The Balaban J connectivity index is 0.000000468. The summed E-state index contributed by atoms with van der Waals surface area (Å²) in [6.07, 6.45) is 4.57. The molecule has 1 aromatic carbocycles. The third kappa shape index (κ3) is 7.62. The summed E-state index contributed by atoms with van der Waals surface area (Å²) in [7, 11) is 0. The maximum Gasteiger partial charge on any atom is 0.234 e. The molecule has 0 aliphatic rings. The number of primary amides is 1. The number of nitrogens with one attached hydrogen (secondary N) is 1. The van der Waals surface area contributed by atoms with Gasteiger partial charge in [0.25, 0.3) is 0 Å². The molecule has 3 rings (SSSR count). The summed E-state index contributed by atoms with van der Waals surface area (Å²) in [5, 5.41) is 7.29. The van der Waals surface area contributed by atoms with Gasteiger partial charge in [0.2, 0.25) is 5.91 Å². The van der Waals surface area contributed by atoms with E-state index < -0.39 is 5.41 Å². The van der Waals surface area contributed by atoms with E-state index in [0.29, 0.717) is 6.42 Å². The Kier molecular flexibility index (Phi) is 10.9. The van der Waals surface area contributed by atoms with Gasteiger partial charge in [-0.3, -0.25) is 4.79 Å². The Labute approximate surface area is 206 Å². The predicted molar refractivity (Wildman–Crippen MR) is 144 cm³/mol. The fourth-order valence-electron chi connectivity index (χ4n) is 3.49. The summed E-state index contributed by atoms with van der Waals surface area (Å²) in [4.78, 5) is 16.9. The molecule has 0 bridgehead atoms. The molecule has 0 unspecified atom stereocenters. The van der Waals surface area contributed by atoms with Crippen LogP contribution in [0.2, 0.25) is 0 Å². The van der Waals surface area contributed by atoms with E-state index in [1.165, 1.54) is 5.56 Å². The molecule has 3 N–H and O–H groups in total. The Bertz CT molecular complexity index is 946. The third-order valence-corrected chi connectivity index (χ3v) is 7.39. The van der Waals surface area contributed by atoms with Gasteiger partial charge in [0.05, 0.1) is 0 Å². The van der Waals surface area contributed by atoms with Crippen molar-refractivity contribution < 1.29 is 4.79 Å². The van der Waals surface area contributed by atoms with E-state index in [0.717, 1.165) is 35.1 Å². The largest absolute Gasteiger partial charge is 0.384 e. The van der Waals surface area contributed by atoms with Gasteiger partial charge in [-0.15, -0.1) is 29.3 Å². The van der Waals surface area contributed by atoms with Crippen LogP contribution in [0.1, 0.15) is 35.6 Å². The molecule has 1 amide bonds. The molecule has 33 heavy (non-hydrogen) atoms. The molecule has 4 nitrogen and oxygen atoms in total. The number of amides is 1. The fraction of sp³-hybridized carbons (Fsp3) is 0.296. The predicted octanol–water partition coefficient (Wildman–Crippen LogP) is 5.92. The number of thiophene rings is 2. The first-order valence-electron chi connectivity index (χ1n) is 11.1. The van der Waals surface area contributed by atoms with Crippen molar-refractivity contribution in [2.24, 2.45) is 5.73 Å². The van der Waals surface area contributed by atoms with Gasteiger partial charge >= 0.3 is 0 Å². The molecule has 0 saturated heterocycles. The average molecular weight is 482 g/mol. The van der Waals surface area contributed by atoms with Crippen molar-refractivity contribution in [2.45, 2.75) is 32.6 Å². The van der Waals surface area contributed by atoms with E-state index in [1.54, 1.807) is 22.7 Å². The van der Waals surface area contributed by atoms with E-state index in [-0.39, 0.29) is 5.91 Å². The topological polar surface area (TPSA) is 58.4 Å². The van der Waals surface area contributed by atoms with E-state index in [1.807, 2.05) is 66.2 Å². The summed E-state index contributed by atoms with van der Waals surface area (Å²) in [5.74, 6) is -0.288. The Hall–Kier alpha value is -2.83. The van der Waals surface area contributed by atoms with Crippen LogP contribution in [0.4, 0.5) is 0 Å². The minimum Gasteiger partial charge on any atom is -0.384 e. The number of benzene rings is 1. The molecule has 176 valence electrons. The number of nitrogens with two attached hydrogens (primary N) is 1. The van der Waals surface area contributed by atoms with E-state index in [2.05, 4.69) is 49.0 Å². The van der Waals surface area contributed by atoms with Crippen molar-refractivity contribution in [2.75, 3.05) is 19.6 Å². The zero-order valence-electron chi connectivity index (χ0n) is 19.8. The quantitative estimate of drug-likeness (QED) is 0.334. The number of allylic oxidation sites excluding steroid dienone is 1. The highest BCUT2D eigenvalue weighted by atomic mass is 32.1. The number of hydrogen-bond acceptors (Lipinski definition) is 5. The minimum atomic E-state index is -0.772. The second-order valence-corrected chi connectivity index (χ2v) is 9.63. The van der Waals surface area contributed by atoms with Gasteiger partial charge in [-0.25, -0.2) is 0 Å². The molecular weight excluding hydrogens is 446 g/mol. The summed E-state index contributed by atoms with van der Waals surface area (Å²) < 4.78 is 0. The maximum absolute atomic E-state index is 12.7. The molecule has 2 heterocycles. The molecular formula is C27H35N3OS2. The van der Waals surface area contributed by atoms with Crippen molar-refractivity contribution in [3.63, 3.8) is 0 Å². The highest BCUT2D eigenvalue weighted by Gasteiger charge is 2.42. The van der Waals surface area contributed by atoms with Crippen molar-refractivity contribution in [3.8, 4) is 0 Å². The number of rotatable bonds is 11. The second kappa shape index (κ2) is 13.7. The first-order chi connectivity index (χ1) is 15.9. The van der Waals surface area contributed by atoms with E-state index in [9.17, 15) is 4.79 Å². The average Bonchev–Trinajstić information content (AvgIpc) is 3.53. The zero-order chi connectivity index (χ0) is 24.1. The molecule has 6 heteroatoms. The first kappa shape index (κ1) is 26.4. The van der Waals surface area contributed by atoms with Crippen molar-refractivity contribution in [1.29, 1.82) is 0 Å². The van der Waals surface area contributed by atoms with Crippen LogP contribution in [0.3, 0.4) is 0 Å². The molecule has 3 aromatic rings. The number of carbonyl (C=O) groups excluding carboxylic acids is 1. The lowest BCUT2D eigenvalue weighted by molar-refractivity contribution is -0.122. The summed E-state index contributed by atoms with van der Waals surface area (Å²) >= 11 is 3.18. The molecule has 0 spiro atoms. The van der Waals surface area contributed by atoms with Crippen LogP contribution in [-0.4, -0.2) is 30.4 Å². The number of aryl methyl sites for hydroxylation is 1. The lowest BCUT2D eigenvalue weighted by atomic mass is 9.80. The number of nitrogens with zero attached hydrogens (tertiary/aromatic N) is 1. The lowest BCUT2D eigenvalue weighted by Gasteiger charge is -2.31. The van der Waals surface area contributed by atoms with Crippen LogP contribution >= 0.6 is 22.7 Å². The first-order valence-corrected chi connectivity index (χ1v) is 12.9. The highest BCUT2D eigenvalue weighted by Crippen LogP contribution is 2.40. The normalized spacial score (nSPS) is 11.3. The molecule has 0 atom stereocenters. The standard InChI is InChI=1S/C20H27N3OS2.C7H8/c1-4-11-22-16(3)15-23(5-2)12-10-20(19(21)24,17-8-6-13-25-17)18-9-7-14-26-18;1-7-5-3-2-4-6-7/h4,6-9,13-15,22H,1,5,10-12H2,2-3H3,(H2,21,24);2-6H,1H3/b16-15-;. The summed E-state index contributed by atoms with van der Waals surface area (Å²) in [5.41, 5.74) is 7.59. The van der Waals surface area contributed by atoms with E-state index >= 15 is 0 Å². The highest BCUT2D eigenvalue weighted by molar-refractivity contribution is 7.12. The molecule has 0 radical (unpaired) electrons. The summed E-state index contributed by atoms with van der Waals surface area (Å²) in [6.45, 7) is 12.3. The van der Waals surface area contributed by atoms with Gasteiger partial charge in [-0.2, -0.15) is 0 Å². The number of hydrogen-bond donors (Lipinski definition) is 2. The molecule has 0 aliphatic carbocycles. The SMILES string of the molecule is C=CCN/C(C)=C\N(CC)CCC(C(N)=O)(c1cccs1)c1cccs1.Cc1ccccc1. The van der Waals surface area contributed by atoms with Gasteiger partial charge in [-0.05, 0) is 50.1 Å². The van der Waals surface area contributed by atoms with Crippen LogP contribution in [0.15, 0.2) is 89.9 Å². The van der Waals surface area contributed by atoms with Gasteiger partial charge in [0.1, 0.15) is 5.41 Å². The van der Waals surface area contributed by atoms with Crippen molar-refractivity contribution in [3.05, 3.63) is 105 Å². The zero-order valence-corrected chi connectivity index (χ0v) is 21.4. The lowest BCUT2D eigenvalue weighted by Crippen LogP contribution is -2.43. The fourth-order valence-corrected chi connectivity index (χ4v) is 5.50. The van der Waals surface area contributed by atoms with Crippen LogP contribution in [0.5, 0.6) is 0 Å². The van der Waals surface area contributed by atoms with Crippen LogP contribution in [0, 0.1) is 6.92 Å². The smallest absolute Gasteiger partial charge is 0.234 e. The molecule has 0 aliphatic heterocycles. The number of carbonyl (C=O) groups is 1. The Morgan fingerprint density at radius 2 is 1.70 bits per heavy atom. The molecule has 0 saturated carbocycles. The summed E-state index contributed by atoms with van der Waals surface area (Å²) in [6, 6.07) is 18.2. The van der Waals surface area contributed by atoms with Crippen molar-refractivity contribution >= 4 is 28.6 Å². The third-order valence-electron chi connectivity index (χ3n) is 5.33. The van der Waals surface area contributed by atoms with E-state index in [4.69, 9.17) is 5.73 Å². The Morgan fingerprint density at radius 1 is 1.09 bits per heavy atom. The minimum absolute atomic E-state index is 0.288. The monoisotopic (exact) mass is 481 g/mol. The van der Waals surface area contributed by atoms with Gasteiger partial charge in [0.15, 0.2) is 0 Å². The van der Waals surface area contributed by atoms with Gasteiger partial charge in [-0.1, -0.05) is 54.1 Å². The van der Waals surface area contributed by atoms with Gasteiger partial charge < -0.3 is 16.0 Å². The van der Waals surface area contributed by atoms with Crippen LogP contribution < -0.4 is 11.1 Å². The Morgan fingerprint density at radius 3 is 2.09 bits per heavy atom. The maximum atomic E-state index is 12.7. The van der Waals surface area contributed by atoms with Gasteiger partial charge in [0, 0.05) is 41.3 Å². The van der Waals surface area contributed by atoms with Crippen LogP contribution in [-0.2, 0) is 10.2 Å².